The Kier molecular flexibility index (Phi) is 4.93. The molecule has 11 heteroatoms. The Labute approximate surface area is 179 Å². The first-order chi connectivity index (χ1) is 15.1. The highest BCUT2D eigenvalue weighted by Crippen LogP contribution is 2.45. The lowest BCUT2D eigenvalue weighted by Gasteiger charge is -2.34. The van der Waals surface area contributed by atoms with Crippen molar-refractivity contribution >= 4 is 5.97 Å². The zero-order valence-electron chi connectivity index (χ0n) is 16.1. The average Bonchev–Trinajstić information content (AvgIpc) is 2.73. The normalized spacial score (nSPS) is 17.2. The van der Waals surface area contributed by atoms with Gasteiger partial charge >= 0.3 is 5.97 Å². The first-order valence-electron chi connectivity index (χ1n) is 9.20. The van der Waals surface area contributed by atoms with Gasteiger partial charge in [0.25, 0.3) is 5.88 Å². The van der Waals surface area contributed by atoms with Crippen LogP contribution in [0, 0.1) is 0 Å². The van der Waals surface area contributed by atoms with E-state index in [0.29, 0.717) is 0 Å². The molecular weight excluding hydrogens is 426 g/mol. The number of carbonyl (C=O) groups is 1. The number of pyridine rings is 1. The van der Waals surface area contributed by atoms with E-state index in [4.69, 9.17) is 9.47 Å². The van der Waals surface area contributed by atoms with E-state index >= 15 is 0 Å². The molecule has 0 radical (unpaired) electrons. The van der Waals surface area contributed by atoms with E-state index in [2.05, 4.69) is 4.98 Å². The van der Waals surface area contributed by atoms with Gasteiger partial charge in [-0.3, -0.25) is 0 Å². The smallest absolute Gasteiger partial charge is 0.357 e. The van der Waals surface area contributed by atoms with E-state index < -0.39 is 47.1 Å². The molecule has 0 aliphatic carbocycles. The summed E-state index contributed by atoms with van der Waals surface area (Å²) in [6, 6.07) is 6.68. The lowest BCUT2D eigenvalue weighted by atomic mass is 9.93. The number of aromatic hydroxyl groups is 7. The van der Waals surface area contributed by atoms with Crippen LogP contribution >= 0.6 is 0 Å². The lowest BCUT2D eigenvalue weighted by molar-refractivity contribution is -0.0194. The quantitative estimate of drug-likeness (QED) is 0.231. The monoisotopic (exact) mass is 443 g/mol. The molecule has 0 spiro atoms. The maximum atomic E-state index is 12.6. The fourth-order valence-electron chi connectivity index (χ4n) is 3.38. The van der Waals surface area contributed by atoms with E-state index in [0.717, 1.165) is 30.3 Å². The standard InChI is InChI=1S/C21H17NO10/c23-9-5-13(25)10-7-17(32-21(30)11-1-2-12(24)20(29)22-11)19(31-16(10)6-9)8-3-14(26)18(28)15(27)4-8/h1-6,17,19,23-28H,7H2,(H,22,29)/t17-,19+/m1/s1. The van der Waals surface area contributed by atoms with E-state index in [1.807, 2.05) is 0 Å². The number of carbonyl (C=O) groups excluding carboxylic acids is 1. The number of esters is 1. The molecule has 0 amide bonds. The molecule has 3 aromatic rings. The van der Waals surface area contributed by atoms with Crippen molar-refractivity contribution in [2.24, 2.45) is 0 Å². The van der Waals surface area contributed by atoms with E-state index in [1.165, 1.54) is 6.07 Å². The topological polar surface area (TPSA) is 190 Å². The van der Waals surface area contributed by atoms with Gasteiger partial charge in [-0.15, -0.1) is 0 Å². The number of phenolic OH excluding ortho intramolecular Hbond substituents is 5. The van der Waals surface area contributed by atoms with Crippen LogP contribution in [0.5, 0.6) is 46.1 Å². The van der Waals surface area contributed by atoms with Crippen molar-refractivity contribution in [3.63, 3.8) is 0 Å². The number of phenols is 5. The van der Waals surface area contributed by atoms with E-state index in [1.54, 1.807) is 0 Å². The molecule has 0 saturated heterocycles. The van der Waals surface area contributed by atoms with Gasteiger partial charge in [-0.25, -0.2) is 9.78 Å². The first-order valence-corrected chi connectivity index (χ1v) is 9.20. The van der Waals surface area contributed by atoms with Crippen LogP contribution in [0.1, 0.15) is 27.7 Å². The molecule has 32 heavy (non-hydrogen) atoms. The van der Waals surface area contributed by atoms with Gasteiger partial charge in [-0.05, 0) is 24.3 Å². The number of aromatic nitrogens is 1. The van der Waals surface area contributed by atoms with Crippen molar-refractivity contribution in [1.82, 2.24) is 4.98 Å². The third-order valence-electron chi connectivity index (χ3n) is 4.91. The molecule has 166 valence electrons. The summed E-state index contributed by atoms with van der Waals surface area (Å²) in [6.45, 7) is 0. The van der Waals surface area contributed by atoms with Crippen molar-refractivity contribution in [1.29, 1.82) is 0 Å². The Morgan fingerprint density at radius 2 is 1.59 bits per heavy atom. The molecule has 0 fully saturated rings. The molecule has 0 saturated carbocycles. The Balaban J connectivity index is 1.74. The molecule has 2 heterocycles. The van der Waals surface area contributed by atoms with Crippen LogP contribution in [0.4, 0.5) is 0 Å². The SMILES string of the molecule is O=C(O[C@@H]1Cc2c(O)cc(O)cc2O[C@H]1c1cc(O)c(O)c(O)c1)c1ccc(O)c(O)n1. The van der Waals surface area contributed by atoms with Crippen molar-refractivity contribution in [3.05, 3.63) is 53.2 Å². The Bertz CT molecular complexity index is 1200. The zero-order chi connectivity index (χ0) is 23.2. The molecule has 0 bridgehead atoms. The molecule has 11 nitrogen and oxygen atoms in total. The van der Waals surface area contributed by atoms with Gasteiger partial charge < -0.3 is 45.2 Å². The number of fused-ring (bicyclic) bond motifs is 1. The number of rotatable bonds is 3. The second-order valence-corrected chi connectivity index (χ2v) is 7.07. The van der Waals surface area contributed by atoms with E-state index in [-0.39, 0.29) is 40.5 Å². The van der Waals surface area contributed by atoms with Crippen LogP contribution in [0.15, 0.2) is 36.4 Å². The van der Waals surface area contributed by atoms with Gasteiger partial charge in [0.2, 0.25) is 0 Å². The zero-order valence-corrected chi connectivity index (χ0v) is 16.1. The fraction of sp³-hybridized carbons (Fsp3) is 0.143. The predicted octanol–water partition coefficient (Wildman–Crippen LogP) is 1.92. The van der Waals surface area contributed by atoms with Gasteiger partial charge in [0.15, 0.2) is 34.8 Å². The van der Waals surface area contributed by atoms with Crippen LogP contribution in [0.3, 0.4) is 0 Å². The van der Waals surface area contributed by atoms with Crippen molar-refractivity contribution in [2.45, 2.75) is 18.6 Å². The summed E-state index contributed by atoms with van der Waals surface area (Å²) in [4.78, 5) is 16.2. The molecule has 2 aromatic carbocycles. The first kappa shape index (κ1) is 20.7. The third-order valence-corrected chi connectivity index (χ3v) is 4.91. The highest BCUT2D eigenvalue weighted by molar-refractivity contribution is 5.87. The van der Waals surface area contributed by atoms with Gasteiger partial charge in [-0.1, -0.05) is 0 Å². The fourth-order valence-corrected chi connectivity index (χ4v) is 3.38. The molecule has 1 aromatic heterocycles. The van der Waals surface area contributed by atoms with Gasteiger partial charge in [0.05, 0.1) is 0 Å². The Morgan fingerprint density at radius 3 is 2.25 bits per heavy atom. The summed E-state index contributed by atoms with van der Waals surface area (Å²) in [5, 5.41) is 68.3. The maximum absolute atomic E-state index is 12.6. The summed E-state index contributed by atoms with van der Waals surface area (Å²) in [5.74, 6) is -4.87. The van der Waals surface area contributed by atoms with Crippen LogP contribution in [-0.4, -0.2) is 52.8 Å². The molecule has 1 aliphatic heterocycles. The third kappa shape index (κ3) is 3.67. The minimum atomic E-state index is -1.14. The van der Waals surface area contributed by atoms with Gasteiger partial charge in [-0.2, -0.15) is 0 Å². The summed E-state index contributed by atoms with van der Waals surface area (Å²) >= 11 is 0. The Hall–Kier alpha value is -4.54. The molecule has 2 atom stereocenters. The second kappa shape index (κ2) is 7.61. The second-order valence-electron chi connectivity index (χ2n) is 7.07. The summed E-state index contributed by atoms with van der Waals surface area (Å²) < 4.78 is 11.3. The number of ether oxygens (including phenoxy) is 2. The number of benzene rings is 2. The molecule has 4 rings (SSSR count). The van der Waals surface area contributed by atoms with Crippen LogP contribution in [-0.2, 0) is 11.2 Å². The lowest BCUT2D eigenvalue weighted by Crippen LogP contribution is -2.35. The van der Waals surface area contributed by atoms with Crippen LogP contribution in [0.2, 0.25) is 0 Å². The van der Waals surface area contributed by atoms with Gasteiger partial charge in [0, 0.05) is 29.7 Å². The average molecular weight is 443 g/mol. The van der Waals surface area contributed by atoms with Gasteiger partial charge in [0.1, 0.15) is 23.4 Å². The maximum Gasteiger partial charge on any atom is 0.357 e. The molecule has 7 N–H and O–H groups in total. The molecule has 0 unspecified atom stereocenters. The highest BCUT2D eigenvalue weighted by Gasteiger charge is 2.37. The summed E-state index contributed by atoms with van der Waals surface area (Å²) in [5.41, 5.74) is 0.0207. The number of hydrogen-bond donors (Lipinski definition) is 7. The molecule has 1 aliphatic rings. The van der Waals surface area contributed by atoms with Crippen molar-refractivity contribution in [2.75, 3.05) is 0 Å². The van der Waals surface area contributed by atoms with E-state index in [9.17, 15) is 40.5 Å². The minimum Gasteiger partial charge on any atom is -0.508 e. The summed E-state index contributed by atoms with van der Waals surface area (Å²) in [6.07, 6.45) is -2.37. The number of hydrogen-bond acceptors (Lipinski definition) is 11. The molecular formula is C21H17NO10. The predicted molar refractivity (Wildman–Crippen MR) is 105 cm³/mol. The van der Waals surface area contributed by atoms with Crippen LogP contribution in [0.25, 0.3) is 0 Å². The number of nitrogens with zero attached hydrogens (tertiary/aromatic N) is 1. The summed E-state index contributed by atoms with van der Waals surface area (Å²) in [7, 11) is 0. The highest BCUT2D eigenvalue weighted by atomic mass is 16.6. The van der Waals surface area contributed by atoms with Crippen molar-refractivity contribution < 1.29 is 50.0 Å². The van der Waals surface area contributed by atoms with Crippen LogP contribution < -0.4 is 4.74 Å². The minimum absolute atomic E-state index is 0.0762. The Morgan fingerprint density at radius 1 is 0.906 bits per heavy atom. The largest absolute Gasteiger partial charge is 0.508 e. The van der Waals surface area contributed by atoms with Crippen molar-refractivity contribution in [3.8, 4) is 46.1 Å².